The zero-order valence-electron chi connectivity index (χ0n) is 8.40. The third-order valence-corrected chi connectivity index (χ3v) is 2.42. The summed E-state index contributed by atoms with van der Waals surface area (Å²) in [7, 11) is 0. The highest BCUT2D eigenvalue weighted by Crippen LogP contribution is 2.15. The van der Waals surface area contributed by atoms with Gasteiger partial charge in [-0.2, -0.15) is 0 Å². The Bertz CT molecular complexity index is 333. The van der Waals surface area contributed by atoms with Gasteiger partial charge in [-0.15, -0.1) is 0 Å². The Hall–Kier alpha value is -1.38. The molecule has 3 heteroatoms. The SMILES string of the molecule is Cc1cc(NC2CC=CCC2)ncn1. The molecule has 74 valence electrons. The van der Waals surface area contributed by atoms with E-state index in [1.165, 1.54) is 12.8 Å². The van der Waals surface area contributed by atoms with E-state index in [-0.39, 0.29) is 0 Å². The summed E-state index contributed by atoms with van der Waals surface area (Å²) in [5, 5.41) is 3.42. The smallest absolute Gasteiger partial charge is 0.129 e. The van der Waals surface area contributed by atoms with Gasteiger partial charge in [0, 0.05) is 17.8 Å². The van der Waals surface area contributed by atoms with Crippen molar-refractivity contribution in [1.82, 2.24) is 9.97 Å². The lowest BCUT2D eigenvalue weighted by Gasteiger charge is -2.19. The van der Waals surface area contributed by atoms with Crippen molar-refractivity contribution in [1.29, 1.82) is 0 Å². The van der Waals surface area contributed by atoms with Crippen molar-refractivity contribution in [2.75, 3.05) is 5.32 Å². The van der Waals surface area contributed by atoms with Crippen LogP contribution in [0.4, 0.5) is 5.82 Å². The quantitative estimate of drug-likeness (QED) is 0.725. The van der Waals surface area contributed by atoms with Gasteiger partial charge in [-0.05, 0) is 26.2 Å². The van der Waals surface area contributed by atoms with Crippen LogP contribution in [0.25, 0.3) is 0 Å². The molecule has 1 aliphatic rings. The molecule has 0 bridgehead atoms. The first-order chi connectivity index (χ1) is 6.84. The van der Waals surface area contributed by atoms with Gasteiger partial charge in [-0.25, -0.2) is 9.97 Å². The summed E-state index contributed by atoms with van der Waals surface area (Å²) < 4.78 is 0. The predicted octanol–water partition coefficient (Wildman–Crippen LogP) is 2.31. The van der Waals surface area contributed by atoms with E-state index < -0.39 is 0 Å². The van der Waals surface area contributed by atoms with Crippen molar-refractivity contribution in [3.63, 3.8) is 0 Å². The van der Waals surface area contributed by atoms with Gasteiger partial charge in [-0.1, -0.05) is 12.2 Å². The molecule has 0 saturated heterocycles. The summed E-state index contributed by atoms with van der Waals surface area (Å²) in [6, 6.07) is 2.52. The molecule has 14 heavy (non-hydrogen) atoms. The summed E-state index contributed by atoms with van der Waals surface area (Å²) in [5.74, 6) is 0.942. The van der Waals surface area contributed by atoms with Gasteiger partial charge in [0.15, 0.2) is 0 Å². The second-order valence-electron chi connectivity index (χ2n) is 3.67. The minimum Gasteiger partial charge on any atom is -0.367 e. The lowest BCUT2D eigenvalue weighted by Crippen LogP contribution is -2.20. The molecule has 1 N–H and O–H groups in total. The lowest BCUT2D eigenvalue weighted by atomic mass is 10.0. The van der Waals surface area contributed by atoms with E-state index in [0.717, 1.165) is 17.9 Å². The molecule has 0 saturated carbocycles. The molecule has 1 aromatic rings. The number of aromatic nitrogens is 2. The van der Waals surface area contributed by atoms with Gasteiger partial charge >= 0.3 is 0 Å². The van der Waals surface area contributed by atoms with E-state index in [4.69, 9.17) is 0 Å². The zero-order chi connectivity index (χ0) is 9.80. The van der Waals surface area contributed by atoms with Crippen LogP contribution in [-0.4, -0.2) is 16.0 Å². The average molecular weight is 189 g/mol. The number of rotatable bonds is 2. The molecule has 2 rings (SSSR count). The van der Waals surface area contributed by atoms with Gasteiger partial charge in [0.25, 0.3) is 0 Å². The maximum atomic E-state index is 4.19. The van der Waals surface area contributed by atoms with Crippen molar-refractivity contribution in [2.24, 2.45) is 0 Å². The van der Waals surface area contributed by atoms with Crippen LogP contribution in [0.15, 0.2) is 24.5 Å². The Morgan fingerprint density at radius 1 is 1.36 bits per heavy atom. The van der Waals surface area contributed by atoms with Gasteiger partial charge in [0.05, 0.1) is 0 Å². The summed E-state index contributed by atoms with van der Waals surface area (Å²) in [6.45, 7) is 1.98. The van der Waals surface area contributed by atoms with Crippen LogP contribution < -0.4 is 5.32 Å². The second-order valence-corrected chi connectivity index (χ2v) is 3.67. The van der Waals surface area contributed by atoms with Crippen LogP contribution >= 0.6 is 0 Å². The molecular weight excluding hydrogens is 174 g/mol. The average Bonchev–Trinajstić information content (AvgIpc) is 2.19. The molecule has 3 nitrogen and oxygen atoms in total. The molecular formula is C11H15N3. The van der Waals surface area contributed by atoms with Crippen molar-refractivity contribution in [3.8, 4) is 0 Å². The maximum Gasteiger partial charge on any atom is 0.129 e. The van der Waals surface area contributed by atoms with Crippen LogP contribution in [0.5, 0.6) is 0 Å². The molecule has 1 atom stereocenters. The van der Waals surface area contributed by atoms with E-state index in [2.05, 4.69) is 27.4 Å². The third-order valence-electron chi connectivity index (χ3n) is 2.42. The summed E-state index contributed by atoms with van der Waals surface area (Å²) in [6.07, 6.45) is 9.54. The topological polar surface area (TPSA) is 37.8 Å². The first-order valence-corrected chi connectivity index (χ1v) is 5.05. The Morgan fingerprint density at radius 2 is 2.29 bits per heavy atom. The van der Waals surface area contributed by atoms with Gasteiger partial charge in [0.1, 0.15) is 12.1 Å². The number of nitrogens with zero attached hydrogens (tertiary/aromatic N) is 2. The molecule has 1 unspecified atom stereocenters. The van der Waals surface area contributed by atoms with Crippen LogP contribution in [-0.2, 0) is 0 Å². The second kappa shape index (κ2) is 4.22. The zero-order valence-corrected chi connectivity index (χ0v) is 8.40. The van der Waals surface area contributed by atoms with Crippen molar-refractivity contribution in [3.05, 3.63) is 30.2 Å². The fourth-order valence-electron chi connectivity index (χ4n) is 1.67. The monoisotopic (exact) mass is 189 g/mol. The van der Waals surface area contributed by atoms with E-state index in [9.17, 15) is 0 Å². The first kappa shape index (κ1) is 9.19. The number of hydrogen-bond donors (Lipinski definition) is 1. The van der Waals surface area contributed by atoms with Crippen molar-refractivity contribution < 1.29 is 0 Å². The van der Waals surface area contributed by atoms with Gasteiger partial charge in [0.2, 0.25) is 0 Å². The Balaban J connectivity index is 1.99. The maximum absolute atomic E-state index is 4.19. The minimum absolute atomic E-state index is 0.536. The molecule has 1 heterocycles. The molecule has 0 fully saturated rings. The van der Waals surface area contributed by atoms with Crippen molar-refractivity contribution in [2.45, 2.75) is 32.2 Å². The molecule has 1 aliphatic carbocycles. The standard InChI is InChI=1S/C11H15N3/c1-9-7-11(13-8-12-9)14-10-5-3-2-4-6-10/h2-3,7-8,10H,4-6H2,1H3,(H,12,13,14). The van der Waals surface area contributed by atoms with E-state index in [1.807, 2.05) is 13.0 Å². The predicted molar refractivity (Wildman–Crippen MR) is 57.2 cm³/mol. The third kappa shape index (κ3) is 2.31. The first-order valence-electron chi connectivity index (χ1n) is 5.05. The molecule has 0 amide bonds. The summed E-state index contributed by atoms with van der Waals surface area (Å²) >= 11 is 0. The summed E-state index contributed by atoms with van der Waals surface area (Å²) in [4.78, 5) is 8.26. The normalized spacial score (nSPS) is 20.8. The fraction of sp³-hybridized carbons (Fsp3) is 0.455. The van der Waals surface area contributed by atoms with Crippen molar-refractivity contribution >= 4 is 5.82 Å². The van der Waals surface area contributed by atoms with E-state index in [1.54, 1.807) is 6.33 Å². The Morgan fingerprint density at radius 3 is 3.00 bits per heavy atom. The molecule has 0 aromatic carbocycles. The Kier molecular flexibility index (Phi) is 2.77. The van der Waals surface area contributed by atoms with Gasteiger partial charge < -0.3 is 5.32 Å². The van der Waals surface area contributed by atoms with Crippen LogP contribution in [0.2, 0.25) is 0 Å². The van der Waals surface area contributed by atoms with Gasteiger partial charge in [-0.3, -0.25) is 0 Å². The molecule has 1 aromatic heterocycles. The Labute approximate surface area is 84.3 Å². The number of aryl methyl sites for hydroxylation is 1. The molecule has 0 spiro atoms. The molecule has 0 radical (unpaired) electrons. The molecule has 0 aliphatic heterocycles. The van der Waals surface area contributed by atoms with Crippen LogP contribution in [0.1, 0.15) is 25.0 Å². The van der Waals surface area contributed by atoms with Crippen LogP contribution in [0, 0.1) is 6.92 Å². The van der Waals surface area contributed by atoms with Crippen LogP contribution in [0.3, 0.4) is 0 Å². The highest BCUT2D eigenvalue weighted by atomic mass is 15.0. The largest absolute Gasteiger partial charge is 0.367 e. The number of allylic oxidation sites excluding steroid dienone is 1. The number of hydrogen-bond acceptors (Lipinski definition) is 3. The van der Waals surface area contributed by atoms with E-state index >= 15 is 0 Å². The highest BCUT2D eigenvalue weighted by molar-refractivity contribution is 5.36. The lowest BCUT2D eigenvalue weighted by molar-refractivity contribution is 0.641. The van der Waals surface area contributed by atoms with E-state index in [0.29, 0.717) is 6.04 Å². The number of nitrogens with one attached hydrogen (secondary N) is 1. The fourth-order valence-corrected chi connectivity index (χ4v) is 1.67. The summed E-state index contributed by atoms with van der Waals surface area (Å²) in [5.41, 5.74) is 1.01. The highest BCUT2D eigenvalue weighted by Gasteiger charge is 2.09. The number of anilines is 1. The minimum atomic E-state index is 0.536.